The van der Waals surface area contributed by atoms with E-state index >= 15 is 0 Å². The number of methoxy groups -OCH3 is 1. The number of benzene rings is 1. The maximum absolute atomic E-state index is 13.6. The average molecular weight is 291 g/mol. The monoisotopic (exact) mass is 291 g/mol. The van der Waals surface area contributed by atoms with Gasteiger partial charge in [-0.05, 0) is 51.0 Å². The van der Waals surface area contributed by atoms with Crippen molar-refractivity contribution in [2.45, 2.75) is 45.7 Å². The zero-order valence-electron chi connectivity index (χ0n) is 13.2. The highest BCUT2D eigenvalue weighted by Gasteiger charge is 2.39. The van der Waals surface area contributed by atoms with E-state index < -0.39 is 6.04 Å². The van der Waals surface area contributed by atoms with Gasteiger partial charge in [-0.1, -0.05) is 13.0 Å². The molecular weight excluding hydrogens is 269 g/mol. The van der Waals surface area contributed by atoms with Crippen LogP contribution in [0.1, 0.15) is 39.7 Å². The lowest BCUT2D eigenvalue weighted by molar-refractivity contribution is -0.142. The fourth-order valence-corrected chi connectivity index (χ4v) is 3.18. The lowest BCUT2D eigenvalue weighted by Crippen LogP contribution is -2.54. The molecule has 21 heavy (non-hydrogen) atoms. The van der Waals surface area contributed by atoms with E-state index in [1.807, 2.05) is 32.6 Å². The highest BCUT2D eigenvalue weighted by atomic mass is 19.1. The van der Waals surface area contributed by atoms with Gasteiger partial charge in [-0.2, -0.15) is 0 Å². The molecule has 0 unspecified atom stereocenters. The number of carbonyl (C=O) groups excluding carboxylic acids is 1. The highest BCUT2D eigenvalue weighted by Crippen LogP contribution is 2.41. The minimum Gasteiger partial charge on any atom is -0.467 e. The minimum atomic E-state index is -0.390. The van der Waals surface area contributed by atoms with Gasteiger partial charge < -0.3 is 9.64 Å². The third-order valence-corrected chi connectivity index (χ3v) is 4.01. The van der Waals surface area contributed by atoms with Crippen molar-refractivity contribution in [3.8, 4) is 0 Å². The van der Waals surface area contributed by atoms with Crippen LogP contribution in [-0.2, 0) is 9.53 Å². The fourth-order valence-electron chi connectivity index (χ4n) is 3.18. The van der Waals surface area contributed by atoms with Crippen LogP contribution in [0.25, 0.3) is 5.57 Å². The van der Waals surface area contributed by atoms with Gasteiger partial charge >= 0.3 is 5.97 Å². The first-order valence-corrected chi connectivity index (χ1v) is 7.18. The van der Waals surface area contributed by atoms with Crippen molar-refractivity contribution in [3.63, 3.8) is 0 Å². The standard InChI is InChI=1S/C17H22FNO2/c1-6-14(16(20)21-5)19-15-8-7-12(18)9-13(15)11(2)10-17(19,3)4/h7-10,14H,6H2,1-5H3/t14-/m1/s1. The number of anilines is 1. The number of fused-ring (bicyclic) bond motifs is 1. The molecule has 0 fully saturated rings. The van der Waals surface area contributed by atoms with Gasteiger partial charge in [0, 0.05) is 11.3 Å². The van der Waals surface area contributed by atoms with Gasteiger partial charge in [0.25, 0.3) is 0 Å². The first kappa shape index (κ1) is 15.5. The molecule has 0 amide bonds. The Morgan fingerprint density at radius 2 is 2.10 bits per heavy atom. The van der Waals surface area contributed by atoms with Gasteiger partial charge in [-0.15, -0.1) is 0 Å². The number of rotatable bonds is 3. The van der Waals surface area contributed by atoms with Gasteiger partial charge in [-0.3, -0.25) is 0 Å². The Balaban J connectivity index is 2.62. The lowest BCUT2D eigenvalue weighted by atomic mass is 9.87. The summed E-state index contributed by atoms with van der Waals surface area (Å²) in [5, 5.41) is 0. The molecule has 1 aromatic carbocycles. The predicted molar refractivity (Wildman–Crippen MR) is 82.7 cm³/mol. The van der Waals surface area contributed by atoms with Crippen molar-refractivity contribution in [2.24, 2.45) is 0 Å². The Morgan fingerprint density at radius 1 is 1.43 bits per heavy atom. The molecule has 1 heterocycles. The normalized spacial score (nSPS) is 17.8. The summed E-state index contributed by atoms with van der Waals surface area (Å²) in [7, 11) is 1.40. The largest absolute Gasteiger partial charge is 0.467 e. The molecule has 0 aromatic heterocycles. The van der Waals surface area contributed by atoms with E-state index in [9.17, 15) is 9.18 Å². The number of hydrogen-bond donors (Lipinski definition) is 0. The van der Waals surface area contributed by atoms with Crippen LogP contribution in [0, 0.1) is 5.82 Å². The summed E-state index contributed by atoms with van der Waals surface area (Å²) in [5.74, 6) is -0.541. The van der Waals surface area contributed by atoms with Crippen LogP contribution >= 0.6 is 0 Å². The van der Waals surface area contributed by atoms with Gasteiger partial charge in [0.1, 0.15) is 11.9 Å². The third-order valence-electron chi connectivity index (χ3n) is 4.01. The first-order valence-electron chi connectivity index (χ1n) is 7.18. The smallest absolute Gasteiger partial charge is 0.328 e. The molecule has 1 atom stereocenters. The van der Waals surface area contributed by atoms with E-state index in [0.29, 0.717) is 6.42 Å². The Hall–Kier alpha value is -1.84. The number of ether oxygens (including phenoxy) is 1. The minimum absolute atomic E-state index is 0.270. The molecule has 0 radical (unpaired) electrons. The number of esters is 1. The topological polar surface area (TPSA) is 29.5 Å². The summed E-state index contributed by atoms with van der Waals surface area (Å²) in [6, 6.07) is 4.31. The zero-order valence-corrected chi connectivity index (χ0v) is 13.2. The van der Waals surface area contributed by atoms with Crippen LogP contribution in [0.5, 0.6) is 0 Å². The molecule has 4 heteroatoms. The molecule has 0 spiro atoms. The second-order valence-corrected chi connectivity index (χ2v) is 5.96. The molecule has 0 saturated heterocycles. The predicted octanol–water partition coefficient (Wildman–Crippen LogP) is 3.78. The Morgan fingerprint density at radius 3 is 2.67 bits per heavy atom. The quantitative estimate of drug-likeness (QED) is 0.794. The van der Waals surface area contributed by atoms with Gasteiger partial charge in [-0.25, -0.2) is 9.18 Å². The number of hydrogen-bond acceptors (Lipinski definition) is 3. The lowest BCUT2D eigenvalue weighted by Gasteiger charge is -2.46. The number of carbonyl (C=O) groups is 1. The maximum Gasteiger partial charge on any atom is 0.328 e. The molecule has 2 rings (SSSR count). The summed E-state index contributed by atoms with van der Waals surface area (Å²) in [4.78, 5) is 14.2. The van der Waals surface area contributed by atoms with Crippen LogP contribution < -0.4 is 4.90 Å². The number of halogens is 1. The van der Waals surface area contributed by atoms with E-state index in [1.54, 1.807) is 6.07 Å². The van der Waals surface area contributed by atoms with Gasteiger partial charge in [0.2, 0.25) is 0 Å². The van der Waals surface area contributed by atoms with E-state index in [1.165, 1.54) is 19.2 Å². The molecular formula is C17H22FNO2. The van der Waals surface area contributed by atoms with E-state index in [-0.39, 0.29) is 17.3 Å². The Kier molecular flexibility index (Phi) is 4.08. The number of allylic oxidation sites excluding steroid dienone is 1. The molecule has 0 saturated carbocycles. The zero-order chi connectivity index (χ0) is 15.8. The van der Waals surface area contributed by atoms with Crippen LogP contribution in [-0.4, -0.2) is 24.7 Å². The third kappa shape index (κ3) is 2.67. The van der Waals surface area contributed by atoms with E-state index in [4.69, 9.17) is 4.74 Å². The van der Waals surface area contributed by atoms with Crippen LogP contribution in [0.15, 0.2) is 24.3 Å². The fraction of sp³-hybridized carbons (Fsp3) is 0.471. The van der Waals surface area contributed by atoms with E-state index in [2.05, 4.69) is 6.08 Å². The van der Waals surface area contributed by atoms with Crippen molar-refractivity contribution in [2.75, 3.05) is 12.0 Å². The average Bonchev–Trinajstić information content (AvgIpc) is 2.42. The van der Waals surface area contributed by atoms with Crippen LogP contribution in [0.2, 0.25) is 0 Å². The van der Waals surface area contributed by atoms with E-state index in [0.717, 1.165) is 16.8 Å². The van der Waals surface area contributed by atoms with Gasteiger partial charge in [0.15, 0.2) is 0 Å². The van der Waals surface area contributed by atoms with Crippen LogP contribution in [0.4, 0.5) is 10.1 Å². The molecule has 0 N–H and O–H groups in total. The van der Waals surface area contributed by atoms with Crippen molar-refractivity contribution in [3.05, 3.63) is 35.7 Å². The summed E-state index contributed by atoms with van der Waals surface area (Å²) in [6.45, 7) is 8.02. The number of nitrogens with zero attached hydrogens (tertiary/aromatic N) is 1. The van der Waals surface area contributed by atoms with Crippen molar-refractivity contribution < 1.29 is 13.9 Å². The second-order valence-electron chi connectivity index (χ2n) is 5.96. The molecule has 0 aliphatic carbocycles. The summed E-state index contributed by atoms with van der Waals surface area (Å²) in [6.07, 6.45) is 2.69. The molecule has 3 nitrogen and oxygen atoms in total. The summed E-state index contributed by atoms with van der Waals surface area (Å²) < 4.78 is 18.5. The molecule has 114 valence electrons. The van der Waals surface area contributed by atoms with Crippen molar-refractivity contribution in [1.29, 1.82) is 0 Å². The summed E-state index contributed by atoms with van der Waals surface area (Å²) in [5.41, 5.74) is 2.38. The highest BCUT2D eigenvalue weighted by molar-refractivity contribution is 5.87. The Bertz CT molecular complexity index is 592. The second kappa shape index (κ2) is 5.51. The first-order chi connectivity index (χ1) is 9.81. The van der Waals surface area contributed by atoms with Crippen LogP contribution in [0.3, 0.4) is 0 Å². The van der Waals surface area contributed by atoms with Crippen molar-refractivity contribution in [1.82, 2.24) is 0 Å². The van der Waals surface area contributed by atoms with Gasteiger partial charge in [0.05, 0.1) is 12.6 Å². The molecule has 1 aliphatic heterocycles. The Labute approximate surface area is 125 Å². The molecule has 0 bridgehead atoms. The van der Waals surface area contributed by atoms with Crippen molar-refractivity contribution >= 4 is 17.2 Å². The SMILES string of the molecule is CC[C@H](C(=O)OC)N1c2ccc(F)cc2C(C)=CC1(C)C. The molecule has 1 aliphatic rings. The summed E-state index contributed by atoms with van der Waals surface area (Å²) >= 11 is 0. The maximum atomic E-state index is 13.6. The molecule has 1 aromatic rings.